The van der Waals surface area contributed by atoms with E-state index in [1.54, 1.807) is 13.0 Å². The number of nitrogens with two attached hydrogens (primary N) is 1. The van der Waals surface area contributed by atoms with Crippen LogP contribution in [0.3, 0.4) is 0 Å². The van der Waals surface area contributed by atoms with Crippen molar-refractivity contribution in [2.75, 3.05) is 13.2 Å². The zero-order valence-corrected chi connectivity index (χ0v) is 11.2. The number of carbonyl (C=O) groups is 2. The first kappa shape index (κ1) is 13.5. The number of rotatable bonds is 3. The number of hydrogen-bond donors (Lipinski definition) is 2. The van der Waals surface area contributed by atoms with Gasteiger partial charge in [-0.3, -0.25) is 10.1 Å². The largest absolute Gasteiger partial charge is 0.486 e. The van der Waals surface area contributed by atoms with Crippen molar-refractivity contribution < 1.29 is 19.1 Å². The minimum absolute atomic E-state index is 0.424. The average Bonchev–Trinajstić information content (AvgIpc) is 2.37. The van der Waals surface area contributed by atoms with Gasteiger partial charge in [-0.25, -0.2) is 4.79 Å². The van der Waals surface area contributed by atoms with E-state index in [1.165, 1.54) is 11.8 Å². The van der Waals surface area contributed by atoms with Crippen molar-refractivity contribution in [2.45, 2.75) is 17.1 Å². The number of hydrogen-bond acceptors (Lipinski definition) is 5. The van der Waals surface area contributed by atoms with Gasteiger partial charge in [-0.2, -0.15) is 0 Å². The normalized spacial score (nSPS) is 14.6. The molecule has 1 aromatic carbocycles. The number of ether oxygens (including phenoxy) is 2. The summed E-state index contributed by atoms with van der Waals surface area (Å²) < 4.78 is 10.9. The van der Waals surface area contributed by atoms with Crippen LogP contribution >= 0.6 is 11.8 Å². The number of fused-ring (bicyclic) bond motifs is 1. The van der Waals surface area contributed by atoms with Crippen molar-refractivity contribution in [3.8, 4) is 11.5 Å². The lowest BCUT2D eigenvalue weighted by atomic mass is 10.3. The molecule has 0 aliphatic carbocycles. The summed E-state index contributed by atoms with van der Waals surface area (Å²) in [5.74, 6) is 0.941. The van der Waals surface area contributed by atoms with Gasteiger partial charge in [0, 0.05) is 4.90 Å². The number of thioether (sulfide) groups is 1. The lowest BCUT2D eigenvalue weighted by Gasteiger charge is -2.19. The van der Waals surface area contributed by atoms with Gasteiger partial charge in [0.2, 0.25) is 5.91 Å². The van der Waals surface area contributed by atoms with Crippen LogP contribution in [-0.2, 0) is 4.79 Å². The summed E-state index contributed by atoms with van der Waals surface area (Å²) in [6.45, 7) is 2.75. The minimum atomic E-state index is -0.848. The summed E-state index contributed by atoms with van der Waals surface area (Å²) in [5, 5.41) is 1.61. The minimum Gasteiger partial charge on any atom is -0.486 e. The van der Waals surface area contributed by atoms with Crippen LogP contribution in [0.1, 0.15) is 6.92 Å². The number of amides is 3. The van der Waals surface area contributed by atoms with Gasteiger partial charge < -0.3 is 15.2 Å². The predicted molar refractivity (Wildman–Crippen MR) is 70.5 cm³/mol. The second-order valence-corrected chi connectivity index (χ2v) is 5.33. The predicted octanol–water partition coefficient (Wildman–Crippen LogP) is 1.13. The molecule has 1 aliphatic heterocycles. The number of benzene rings is 1. The molecule has 6 nitrogen and oxygen atoms in total. The lowest BCUT2D eigenvalue weighted by molar-refractivity contribution is -0.119. The Kier molecular flexibility index (Phi) is 4.16. The van der Waals surface area contributed by atoms with E-state index < -0.39 is 17.2 Å². The third-order valence-electron chi connectivity index (χ3n) is 2.44. The third-order valence-corrected chi connectivity index (χ3v) is 3.54. The molecule has 3 N–H and O–H groups in total. The maximum Gasteiger partial charge on any atom is 0.318 e. The quantitative estimate of drug-likeness (QED) is 0.811. The summed E-state index contributed by atoms with van der Waals surface area (Å²) in [4.78, 5) is 23.0. The van der Waals surface area contributed by atoms with Crippen LogP contribution in [0.2, 0.25) is 0 Å². The molecule has 0 fully saturated rings. The average molecular weight is 282 g/mol. The van der Waals surface area contributed by atoms with Gasteiger partial charge in [0.25, 0.3) is 0 Å². The number of imide groups is 1. The molecule has 1 atom stereocenters. The highest BCUT2D eigenvalue weighted by Crippen LogP contribution is 2.35. The summed E-state index contributed by atoms with van der Waals surface area (Å²) in [6, 6.07) is 4.61. The van der Waals surface area contributed by atoms with E-state index in [0.717, 1.165) is 4.90 Å². The Bertz CT molecular complexity index is 507. The molecule has 102 valence electrons. The van der Waals surface area contributed by atoms with Gasteiger partial charge in [-0.1, -0.05) is 0 Å². The van der Waals surface area contributed by atoms with Crippen molar-refractivity contribution >= 4 is 23.7 Å². The standard InChI is InChI=1S/C12H14N2O4S/c1-7(11(15)14-12(13)16)19-8-2-3-9-10(6-8)18-5-4-17-9/h2-3,6-7H,4-5H2,1H3,(H3,13,14,15,16). The molecule has 0 saturated heterocycles. The van der Waals surface area contributed by atoms with Crippen LogP contribution in [0, 0.1) is 0 Å². The molecular weight excluding hydrogens is 268 g/mol. The molecule has 3 amide bonds. The van der Waals surface area contributed by atoms with Crippen LogP contribution < -0.4 is 20.5 Å². The summed E-state index contributed by atoms with van der Waals surface area (Å²) in [6.07, 6.45) is 0. The first-order chi connectivity index (χ1) is 9.06. The van der Waals surface area contributed by atoms with E-state index in [0.29, 0.717) is 24.7 Å². The Morgan fingerprint density at radius 3 is 2.68 bits per heavy atom. The molecule has 19 heavy (non-hydrogen) atoms. The number of nitrogens with one attached hydrogen (secondary N) is 1. The molecule has 1 aliphatic rings. The Morgan fingerprint density at radius 2 is 2.00 bits per heavy atom. The van der Waals surface area contributed by atoms with E-state index >= 15 is 0 Å². The highest BCUT2D eigenvalue weighted by molar-refractivity contribution is 8.00. The van der Waals surface area contributed by atoms with Crippen LogP contribution in [0.25, 0.3) is 0 Å². The van der Waals surface area contributed by atoms with Crippen molar-refractivity contribution in [3.63, 3.8) is 0 Å². The second kappa shape index (κ2) is 5.83. The highest BCUT2D eigenvalue weighted by Gasteiger charge is 2.18. The Balaban J connectivity index is 2.02. The molecule has 1 heterocycles. The summed E-state index contributed by atoms with van der Waals surface area (Å²) >= 11 is 1.31. The second-order valence-electron chi connectivity index (χ2n) is 3.92. The smallest absolute Gasteiger partial charge is 0.318 e. The van der Waals surface area contributed by atoms with Crippen molar-refractivity contribution in [2.24, 2.45) is 5.73 Å². The van der Waals surface area contributed by atoms with Crippen molar-refractivity contribution in [3.05, 3.63) is 18.2 Å². The van der Waals surface area contributed by atoms with E-state index in [9.17, 15) is 9.59 Å². The van der Waals surface area contributed by atoms with E-state index in [2.05, 4.69) is 0 Å². The summed E-state index contributed by atoms with van der Waals surface area (Å²) in [5.41, 5.74) is 4.90. The van der Waals surface area contributed by atoms with Crippen molar-refractivity contribution in [1.82, 2.24) is 5.32 Å². The first-order valence-corrected chi connectivity index (χ1v) is 6.61. The van der Waals surface area contributed by atoms with Crippen LogP contribution in [-0.4, -0.2) is 30.4 Å². The fourth-order valence-electron chi connectivity index (χ4n) is 1.58. The molecular formula is C12H14N2O4S. The summed E-state index contributed by atoms with van der Waals surface area (Å²) in [7, 11) is 0. The molecule has 7 heteroatoms. The van der Waals surface area contributed by atoms with Gasteiger partial charge in [0.1, 0.15) is 13.2 Å². The number of carbonyl (C=O) groups excluding carboxylic acids is 2. The fraction of sp³-hybridized carbons (Fsp3) is 0.333. The monoisotopic (exact) mass is 282 g/mol. The van der Waals surface area contributed by atoms with Gasteiger partial charge >= 0.3 is 6.03 Å². The molecule has 0 saturated carbocycles. The Labute approximate surface area is 114 Å². The maximum absolute atomic E-state index is 11.6. The van der Waals surface area contributed by atoms with Gasteiger partial charge in [0.05, 0.1) is 5.25 Å². The molecule has 0 spiro atoms. The molecule has 0 radical (unpaired) electrons. The van der Waals surface area contributed by atoms with E-state index in [4.69, 9.17) is 15.2 Å². The van der Waals surface area contributed by atoms with Gasteiger partial charge in [-0.15, -0.1) is 11.8 Å². The molecule has 1 aromatic rings. The zero-order chi connectivity index (χ0) is 13.8. The van der Waals surface area contributed by atoms with Crippen LogP contribution in [0.15, 0.2) is 23.1 Å². The third kappa shape index (κ3) is 3.54. The Hall–Kier alpha value is -1.89. The van der Waals surface area contributed by atoms with Crippen LogP contribution in [0.5, 0.6) is 11.5 Å². The molecule has 0 bridgehead atoms. The fourth-order valence-corrected chi connectivity index (χ4v) is 2.47. The van der Waals surface area contributed by atoms with Gasteiger partial charge in [-0.05, 0) is 25.1 Å². The van der Waals surface area contributed by atoms with Crippen molar-refractivity contribution in [1.29, 1.82) is 0 Å². The Morgan fingerprint density at radius 1 is 1.32 bits per heavy atom. The zero-order valence-electron chi connectivity index (χ0n) is 10.3. The lowest BCUT2D eigenvalue weighted by Crippen LogP contribution is -2.39. The highest BCUT2D eigenvalue weighted by atomic mass is 32.2. The van der Waals surface area contributed by atoms with E-state index in [-0.39, 0.29) is 0 Å². The molecule has 2 rings (SSSR count). The van der Waals surface area contributed by atoms with E-state index in [1.807, 2.05) is 17.4 Å². The maximum atomic E-state index is 11.6. The number of primary amides is 1. The first-order valence-electron chi connectivity index (χ1n) is 5.73. The molecule has 0 aromatic heterocycles. The SMILES string of the molecule is CC(Sc1ccc2c(c1)OCCO2)C(=O)NC(N)=O. The topological polar surface area (TPSA) is 90.7 Å². The number of urea groups is 1. The van der Waals surface area contributed by atoms with Crippen LogP contribution in [0.4, 0.5) is 4.79 Å². The van der Waals surface area contributed by atoms with Gasteiger partial charge in [0.15, 0.2) is 11.5 Å². The molecule has 1 unspecified atom stereocenters.